The van der Waals surface area contributed by atoms with Crippen molar-refractivity contribution in [2.45, 2.75) is 32.5 Å². The van der Waals surface area contributed by atoms with Gasteiger partial charge in [-0.05, 0) is 19.4 Å². The van der Waals surface area contributed by atoms with Gasteiger partial charge in [0.25, 0.3) is 0 Å². The van der Waals surface area contributed by atoms with E-state index in [2.05, 4.69) is 0 Å². The number of rotatable bonds is 6. The largest absolute Gasteiger partial charge is 0.468 e. The lowest BCUT2D eigenvalue weighted by Crippen LogP contribution is -2.46. The molecular weight excluding hydrogens is 230 g/mol. The Morgan fingerprint density at radius 1 is 1.33 bits per heavy atom. The van der Waals surface area contributed by atoms with Crippen molar-refractivity contribution in [2.75, 3.05) is 13.7 Å². The highest BCUT2D eigenvalue weighted by Gasteiger charge is 2.25. The quantitative estimate of drug-likeness (QED) is 0.777. The Balaban J connectivity index is 2.82. The van der Waals surface area contributed by atoms with Gasteiger partial charge >= 0.3 is 5.97 Å². The van der Waals surface area contributed by atoms with Crippen LogP contribution in [0.25, 0.3) is 0 Å². The minimum atomic E-state index is -0.377. The first-order valence-corrected chi connectivity index (χ1v) is 6.08. The molecule has 1 N–H and O–H groups in total. The molecule has 4 nitrogen and oxygen atoms in total. The minimum absolute atomic E-state index is 0.00810. The van der Waals surface area contributed by atoms with Crippen LogP contribution >= 0.6 is 0 Å². The summed E-state index contributed by atoms with van der Waals surface area (Å²) >= 11 is 0. The highest BCUT2D eigenvalue weighted by atomic mass is 16.5. The number of nitrogens with zero attached hydrogens (tertiary/aromatic N) is 1. The van der Waals surface area contributed by atoms with E-state index >= 15 is 0 Å². The van der Waals surface area contributed by atoms with E-state index < -0.39 is 0 Å². The molecule has 1 aromatic rings. The van der Waals surface area contributed by atoms with E-state index in [9.17, 15) is 9.90 Å². The van der Waals surface area contributed by atoms with Gasteiger partial charge in [-0.3, -0.25) is 9.69 Å². The van der Waals surface area contributed by atoms with Crippen molar-refractivity contribution in [3.8, 4) is 0 Å². The third-order valence-corrected chi connectivity index (χ3v) is 3.08. The number of aliphatic hydroxyl groups excluding tert-OH is 1. The summed E-state index contributed by atoms with van der Waals surface area (Å²) in [5.74, 6) is -0.286. The van der Waals surface area contributed by atoms with Crippen LogP contribution in [0, 0.1) is 0 Å². The first-order chi connectivity index (χ1) is 8.60. The van der Waals surface area contributed by atoms with Crippen molar-refractivity contribution in [1.82, 2.24) is 4.90 Å². The Bertz CT molecular complexity index is 367. The molecule has 4 heteroatoms. The second-order valence-corrected chi connectivity index (χ2v) is 4.39. The van der Waals surface area contributed by atoms with Crippen LogP contribution in [-0.4, -0.2) is 41.8 Å². The molecule has 1 rings (SSSR count). The van der Waals surface area contributed by atoms with Gasteiger partial charge in [0.15, 0.2) is 0 Å². The SMILES string of the molecule is COC(=O)[C@@H](C)N(Cc1ccccc1)[C@H](C)CO. The first kappa shape index (κ1) is 14.7. The van der Waals surface area contributed by atoms with E-state index in [1.165, 1.54) is 7.11 Å². The van der Waals surface area contributed by atoms with Crippen molar-refractivity contribution in [2.24, 2.45) is 0 Å². The fraction of sp³-hybridized carbons (Fsp3) is 0.500. The maximum atomic E-state index is 11.6. The Morgan fingerprint density at radius 2 is 1.94 bits per heavy atom. The number of ether oxygens (including phenoxy) is 1. The Morgan fingerprint density at radius 3 is 2.44 bits per heavy atom. The van der Waals surface area contributed by atoms with Gasteiger partial charge < -0.3 is 9.84 Å². The number of aliphatic hydroxyl groups is 1. The Hall–Kier alpha value is -1.39. The average molecular weight is 251 g/mol. The van der Waals surface area contributed by atoms with Gasteiger partial charge in [-0.1, -0.05) is 30.3 Å². The molecule has 2 atom stereocenters. The fourth-order valence-corrected chi connectivity index (χ4v) is 1.88. The van der Waals surface area contributed by atoms with Crippen molar-refractivity contribution >= 4 is 5.97 Å². The number of esters is 1. The maximum absolute atomic E-state index is 11.6. The molecule has 0 heterocycles. The summed E-state index contributed by atoms with van der Waals surface area (Å²) < 4.78 is 4.76. The molecule has 0 fully saturated rings. The number of hydrogen-bond acceptors (Lipinski definition) is 4. The van der Waals surface area contributed by atoms with Crippen LogP contribution in [-0.2, 0) is 16.1 Å². The van der Waals surface area contributed by atoms with Crippen molar-refractivity contribution in [3.05, 3.63) is 35.9 Å². The molecule has 0 unspecified atom stereocenters. The van der Waals surface area contributed by atoms with Crippen LogP contribution in [0.2, 0.25) is 0 Å². The second-order valence-electron chi connectivity index (χ2n) is 4.39. The third-order valence-electron chi connectivity index (χ3n) is 3.08. The molecule has 0 aliphatic carbocycles. The summed E-state index contributed by atoms with van der Waals surface area (Å²) in [7, 11) is 1.38. The van der Waals surface area contributed by atoms with E-state index in [1.807, 2.05) is 42.2 Å². The summed E-state index contributed by atoms with van der Waals surface area (Å²) in [5, 5.41) is 9.29. The van der Waals surface area contributed by atoms with Crippen molar-refractivity contribution in [1.29, 1.82) is 0 Å². The monoisotopic (exact) mass is 251 g/mol. The summed E-state index contributed by atoms with van der Waals surface area (Å²) in [6, 6.07) is 9.39. The molecule has 0 aliphatic rings. The van der Waals surface area contributed by atoms with Crippen LogP contribution in [0.5, 0.6) is 0 Å². The van der Waals surface area contributed by atoms with Gasteiger partial charge in [0, 0.05) is 12.6 Å². The molecular formula is C14H21NO3. The highest BCUT2D eigenvalue weighted by molar-refractivity contribution is 5.75. The number of methoxy groups -OCH3 is 1. The standard InChI is InChI=1S/C14H21NO3/c1-11(10-16)15(12(2)14(17)18-3)9-13-7-5-4-6-8-13/h4-8,11-12,16H,9-10H2,1-3H3/t11-,12-/m1/s1. The molecule has 0 amide bonds. The lowest BCUT2D eigenvalue weighted by atomic mass is 10.1. The molecule has 0 saturated heterocycles. The lowest BCUT2D eigenvalue weighted by molar-refractivity contribution is -0.147. The molecule has 0 saturated carbocycles. The van der Waals surface area contributed by atoms with E-state index in [-0.39, 0.29) is 24.7 Å². The molecule has 18 heavy (non-hydrogen) atoms. The predicted octanol–water partition coefficient (Wildman–Crippen LogP) is 1.43. The van der Waals surface area contributed by atoms with Crippen LogP contribution in [0.3, 0.4) is 0 Å². The smallest absolute Gasteiger partial charge is 0.322 e. The lowest BCUT2D eigenvalue weighted by Gasteiger charge is -2.32. The predicted molar refractivity (Wildman–Crippen MR) is 70.0 cm³/mol. The average Bonchev–Trinajstić information content (AvgIpc) is 2.43. The summed E-state index contributed by atoms with van der Waals surface area (Å²) in [6.07, 6.45) is 0. The van der Waals surface area contributed by atoms with E-state index in [0.29, 0.717) is 6.54 Å². The number of carbonyl (C=O) groups excluding carboxylic acids is 1. The van der Waals surface area contributed by atoms with E-state index in [4.69, 9.17) is 4.74 Å². The zero-order valence-electron chi connectivity index (χ0n) is 11.2. The van der Waals surface area contributed by atoms with Crippen molar-refractivity contribution < 1.29 is 14.6 Å². The topological polar surface area (TPSA) is 49.8 Å². The zero-order valence-corrected chi connectivity index (χ0v) is 11.2. The Kier molecular flexibility index (Phi) is 5.82. The van der Waals surface area contributed by atoms with Gasteiger partial charge in [0.05, 0.1) is 13.7 Å². The second kappa shape index (κ2) is 7.13. The van der Waals surface area contributed by atoms with E-state index in [0.717, 1.165) is 5.56 Å². The number of hydrogen-bond donors (Lipinski definition) is 1. The van der Waals surface area contributed by atoms with Gasteiger partial charge in [-0.25, -0.2) is 0 Å². The highest BCUT2D eigenvalue weighted by Crippen LogP contribution is 2.13. The van der Waals surface area contributed by atoms with Gasteiger partial charge in [0.2, 0.25) is 0 Å². The molecule has 0 spiro atoms. The molecule has 0 radical (unpaired) electrons. The Labute approximate surface area is 108 Å². The van der Waals surface area contributed by atoms with Gasteiger partial charge in [-0.2, -0.15) is 0 Å². The molecule has 100 valence electrons. The summed E-state index contributed by atoms with van der Waals surface area (Å²) in [6.45, 7) is 4.30. The molecule has 0 bridgehead atoms. The summed E-state index contributed by atoms with van der Waals surface area (Å²) in [4.78, 5) is 13.6. The fourth-order valence-electron chi connectivity index (χ4n) is 1.88. The molecule has 0 aromatic heterocycles. The van der Waals surface area contributed by atoms with Crippen LogP contribution in [0.1, 0.15) is 19.4 Å². The van der Waals surface area contributed by atoms with Crippen LogP contribution in [0.4, 0.5) is 0 Å². The maximum Gasteiger partial charge on any atom is 0.322 e. The van der Waals surface area contributed by atoms with Crippen LogP contribution in [0.15, 0.2) is 30.3 Å². The van der Waals surface area contributed by atoms with Crippen molar-refractivity contribution in [3.63, 3.8) is 0 Å². The zero-order chi connectivity index (χ0) is 13.5. The van der Waals surface area contributed by atoms with E-state index in [1.54, 1.807) is 6.92 Å². The molecule has 1 aromatic carbocycles. The first-order valence-electron chi connectivity index (χ1n) is 6.08. The normalized spacial score (nSPS) is 14.3. The number of benzene rings is 1. The van der Waals surface area contributed by atoms with Gasteiger partial charge in [-0.15, -0.1) is 0 Å². The number of carbonyl (C=O) groups is 1. The third kappa shape index (κ3) is 3.82. The minimum Gasteiger partial charge on any atom is -0.468 e. The van der Waals surface area contributed by atoms with Crippen LogP contribution < -0.4 is 0 Å². The van der Waals surface area contributed by atoms with Gasteiger partial charge in [0.1, 0.15) is 6.04 Å². The summed E-state index contributed by atoms with van der Waals surface area (Å²) in [5.41, 5.74) is 1.11. The molecule has 0 aliphatic heterocycles.